The summed E-state index contributed by atoms with van der Waals surface area (Å²) < 4.78 is 35.9. The van der Waals surface area contributed by atoms with Gasteiger partial charge in [-0.1, -0.05) is 6.92 Å². The number of nitrogens with two attached hydrogens (primary N) is 1. The quantitative estimate of drug-likeness (QED) is 0.490. The first-order chi connectivity index (χ1) is 8.26. The first-order valence-corrected chi connectivity index (χ1v) is 7.64. The third-order valence-corrected chi connectivity index (χ3v) is 4.89. The number of primary amides is 1. The van der Waals surface area contributed by atoms with Crippen LogP contribution in [0.15, 0.2) is 0 Å². The highest BCUT2D eigenvalue weighted by Crippen LogP contribution is 2.58. The lowest BCUT2D eigenvalue weighted by Crippen LogP contribution is -2.39. The predicted octanol–water partition coefficient (Wildman–Crippen LogP) is 1.22. The van der Waals surface area contributed by atoms with Gasteiger partial charge in [-0.05, 0) is 13.8 Å². The molecule has 0 aliphatic rings. The zero-order valence-corrected chi connectivity index (χ0v) is 11.8. The molecule has 0 aromatic rings. The lowest BCUT2D eigenvalue weighted by molar-refractivity contribution is -0.180. The summed E-state index contributed by atoms with van der Waals surface area (Å²) in [4.78, 5) is 20.6. The molecule has 2 unspecified atom stereocenters. The van der Waals surface area contributed by atoms with Gasteiger partial charge in [-0.15, -0.1) is 0 Å². The molecule has 0 aliphatic heterocycles. The monoisotopic (exact) mass is 285 g/mol. The number of rotatable bonds is 9. The van der Waals surface area contributed by atoms with Crippen molar-refractivity contribution in [1.82, 2.24) is 0 Å². The summed E-state index contributed by atoms with van der Waals surface area (Å²) >= 11 is 0. The van der Waals surface area contributed by atoms with Gasteiger partial charge in [0, 0.05) is 19.6 Å². The van der Waals surface area contributed by atoms with Crippen molar-refractivity contribution < 1.29 is 28.1 Å². The fourth-order valence-corrected chi connectivity index (χ4v) is 3.64. The van der Waals surface area contributed by atoms with Crippen LogP contribution in [0.25, 0.3) is 0 Å². The highest BCUT2D eigenvalue weighted by atomic mass is 31.2. The van der Waals surface area contributed by atoms with Gasteiger partial charge in [-0.25, -0.2) is 4.39 Å². The number of carbonyl (C=O) groups is 1. The fraction of sp³-hybridized carbons (Fsp3) is 0.900. The van der Waals surface area contributed by atoms with Crippen molar-refractivity contribution in [3.63, 3.8) is 0 Å². The third kappa shape index (κ3) is 4.02. The van der Waals surface area contributed by atoms with E-state index in [2.05, 4.69) is 0 Å². The van der Waals surface area contributed by atoms with E-state index < -0.39 is 31.1 Å². The Morgan fingerprint density at radius 1 is 1.39 bits per heavy atom. The largest absolute Gasteiger partial charge is 0.367 e. The Morgan fingerprint density at radius 2 is 1.83 bits per heavy atom. The second-order valence-electron chi connectivity index (χ2n) is 3.69. The molecule has 2 atom stereocenters. The smallest absolute Gasteiger partial charge is 0.261 e. The van der Waals surface area contributed by atoms with E-state index in [1.165, 1.54) is 0 Å². The van der Waals surface area contributed by atoms with Gasteiger partial charge < -0.3 is 20.1 Å². The van der Waals surface area contributed by atoms with Crippen molar-refractivity contribution in [1.29, 1.82) is 0 Å². The molecule has 0 radical (unpaired) electrons. The van der Waals surface area contributed by atoms with E-state index in [0.717, 1.165) is 0 Å². The number of carbonyl (C=O) groups excluding carboxylic acids is 1. The summed E-state index contributed by atoms with van der Waals surface area (Å²) in [5.74, 6) is -1.28. The molecule has 0 aromatic heterocycles. The lowest BCUT2D eigenvalue weighted by Gasteiger charge is -2.36. The van der Waals surface area contributed by atoms with E-state index in [1.807, 2.05) is 0 Å². The van der Waals surface area contributed by atoms with Gasteiger partial charge in [-0.2, -0.15) is 0 Å². The molecule has 1 amide bonds. The molecule has 0 fully saturated rings. The van der Waals surface area contributed by atoms with Gasteiger partial charge in [0.25, 0.3) is 13.3 Å². The zero-order chi connectivity index (χ0) is 14.4. The minimum atomic E-state index is -4.20. The Bertz CT molecular complexity index is 319. The Morgan fingerprint density at radius 3 is 2.11 bits per heavy atom. The van der Waals surface area contributed by atoms with Crippen LogP contribution in [0.4, 0.5) is 4.39 Å². The Balaban J connectivity index is 5.17. The topological polar surface area (TPSA) is 98.8 Å². The van der Waals surface area contributed by atoms with Crippen molar-refractivity contribution in [2.75, 3.05) is 19.4 Å². The second kappa shape index (κ2) is 7.19. The Labute approximate surface area is 106 Å². The number of ether oxygens (including phenoxy) is 2. The van der Waals surface area contributed by atoms with Crippen LogP contribution >= 0.6 is 7.37 Å². The average molecular weight is 285 g/mol. The molecule has 0 aromatic carbocycles. The maximum absolute atomic E-state index is 13.3. The number of hydrogen-bond acceptors (Lipinski definition) is 4. The van der Waals surface area contributed by atoms with Crippen LogP contribution in [0.1, 0.15) is 27.2 Å². The zero-order valence-electron chi connectivity index (χ0n) is 10.9. The van der Waals surface area contributed by atoms with E-state index in [1.54, 1.807) is 20.8 Å². The van der Waals surface area contributed by atoms with Crippen molar-refractivity contribution in [3.8, 4) is 0 Å². The summed E-state index contributed by atoms with van der Waals surface area (Å²) in [5, 5.41) is 0. The maximum Gasteiger partial charge on any atom is 0.261 e. The third-order valence-electron chi connectivity index (χ3n) is 2.44. The molecule has 3 N–H and O–H groups in total. The molecule has 8 heteroatoms. The standard InChI is InChI=1S/C10H21FNO5P/c1-4-10(16-5-2,17-6-3)18(14,15)7-8(11)9(12)13/h8H,4-7H2,1-3H3,(H2,12,13)(H,14,15). The van der Waals surface area contributed by atoms with Gasteiger partial charge in [-0.3, -0.25) is 9.36 Å². The SMILES string of the molecule is CCOC(CC)(OCC)P(=O)(O)CC(F)C(N)=O. The highest BCUT2D eigenvalue weighted by Gasteiger charge is 2.50. The molecule has 0 heterocycles. The van der Waals surface area contributed by atoms with Crippen LogP contribution in [0.3, 0.4) is 0 Å². The van der Waals surface area contributed by atoms with Gasteiger partial charge in [0.2, 0.25) is 5.53 Å². The first kappa shape index (κ1) is 17.5. The number of halogens is 1. The number of hydrogen-bond donors (Lipinski definition) is 2. The number of amides is 1. The second-order valence-corrected chi connectivity index (χ2v) is 6.14. The highest BCUT2D eigenvalue weighted by molar-refractivity contribution is 7.59. The number of alkyl halides is 1. The van der Waals surface area contributed by atoms with E-state index >= 15 is 0 Å². The summed E-state index contributed by atoms with van der Waals surface area (Å²) in [6.45, 7) is 5.11. The van der Waals surface area contributed by atoms with Gasteiger partial charge in [0.05, 0.1) is 6.16 Å². The van der Waals surface area contributed by atoms with Crippen LogP contribution < -0.4 is 5.73 Å². The molecule has 0 saturated heterocycles. The van der Waals surface area contributed by atoms with Crippen molar-refractivity contribution >= 4 is 13.3 Å². The minimum Gasteiger partial charge on any atom is -0.367 e. The Kier molecular flexibility index (Phi) is 6.99. The van der Waals surface area contributed by atoms with E-state index in [-0.39, 0.29) is 19.6 Å². The van der Waals surface area contributed by atoms with Gasteiger partial charge >= 0.3 is 0 Å². The summed E-state index contributed by atoms with van der Waals surface area (Å²) in [5.41, 5.74) is 2.97. The van der Waals surface area contributed by atoms with Crippen LogP contribution in [-0.2, 0) is 18.8 Å². The predicted molar refractivity (Wildman–Crippen MR) is 65.1 cm³/mol. The molecule has 108 valence electrons. The average Bonchev–Trinajstić information content (AvgIpc) is 2.27. The van der Waals surface area contributed by atoms with E-state index in [4.69, 9.17) is 15.2 Å². The molecular formula is C10H21FNO5P. The lowest BCUT2D eigenvalue weighted by atomic mass is 10.4. The minimum absolute atomic E-state index is 0.0634. The van der Waals surface area contributed by atoms with Crippen LogP contribution in [0.5, 0.6) is 0 Å². The van der Waals surface area contributed by atoms with E-state index in [9.17, 15) is 18.6 Å². The molecule has 0 spiro atoms. The van der Waals surface area contributed by atoms with Crippen molar-refractivity contribution in [3.05, 3.63) is 0 Å². The Hall–Kier alpha value is -0.490. The van der Waals surface area contributed by atoms with Crippen LogP contribution in [0.2, 0.25) is 0 Å². The molecular weight excluding hydrogens is 264 g/mol. The summed E-state index contributed by atoms with van der Waals surface area (Å²) in [6.07, 6.45) is -3.04. The van der Waals surface area contributed by atoms with Crippen LogP contribution in [0, 0.1) is 0 Å². The summed E-state index contributed by atoms with van der Waals surface area (Å²) in [6, 6.07) is 0. The molecule has 6 nitrogen and oxygen atoms in total. The van der Waals surface area contributed by atoms with Gasteiger partial charge in [0.1, 0.15) is 0 Å². The van der Waals surface area contributed by atoms with Crippen molar-refractivity contribution in [2.24, 2.45) is 5.73 Å². The van der Waals surface area contributed by atoms with Crippen LogP contribution in [-0.4, -0.2) is 41.9 Å². The molecule has 18 heavy (non-hydrogen) atoms. The van der Waals surface area contributed by atoms with Gasteiger partial charge in [0.15, 0.2) is 6.17 Å². The van der Waals surface area contributed by atoms with E-state index in [0.29, 0.717) is 0 Å². The normalized spacial score (nSPS) is 17.2. The maximum atomic E-state index is 13.3. The molecule has 0 aliphatic carbocycles. The molecule has 0 saturated carbocycles. The first-order valence-electron chi connectivity index (χ1n) is 5.79. The van der Waals surface area contributed by atoms with Crippen molar-refractivity contribution in [2.45, 2.75) is 38.9 Å². The fourth-order valence-electron chi connectivity index (χ4n) is 1.59. The molecule has 0 rings (SSSR count). The molecule has 0 bridgehead atoms. The summed E-state index contributed by atoms with van der Waals surface area (Å²) in [7, 11) is -4.20.